The molecule has 0 unspecified atom stereocenters. The largest absolute Gasteiger partial charge is 0.464 e. The minimum absolute atomic E-state index is 0.0849. The van der Waals surface area contributed by atoms with Crippen LogP contribution in [0.1, 0.15) is 16.7 Å². The molecule has 0 saturated heterocycles. The highest BCUT2D eigenvalue weighted by atomic mass is 16.3. The summed E-state index contributed by atoms with van der Waals surface area (Å²) in [5.41, 5.74) is 5.67. The van der Waals surface area contributed by atoms with E-state index in [9.17, 15) is 4.79 Å². The van der Waals surface area contributed by atoms with Gasteiger partial charge in [-0.1, -0.05) is 12.1 Å². The van der Waals surface area contributed by atoms with Crippen molar-refractivity contribution in [1.29, 1.82) is 0 Å². The summed E-state index contributed by atoms with van der Waals surface area (Å²) in [7, 11) is 0. The van der Waals surface area contributed by atoms with Crippen molar-refractivity contribution in [2.45, 2.75) is 20.3 Å². The lowest BCUT2D eigenvalue weighted by Crippen LogP contribution is -2.14. The second-order valence-corrected chi connectivity index (χ2v) is 6.31. The van der Waals surface area contributed by atoms with Gasteiger partial charge in [-0.05, 0) is 49.2 Å². The summed E-state index contributed by atoms with van der Waals surface area (Å²) in [5.74, 6) is 0.608. The summed E-state index contributed by atoms with van der Waals surface area (Å²) in [4.78, 5) is 16.3. The van der Waals surface area contributed by atoms with Crippen LogP contribution in [0.15, 0.2) is 64.1 Å². The maximum absolute atomic E-state index is 12.4. The number of anilines is 1. The number of carbonyl (C=O) groups is 1. The Hall–Kier alpha value is -3.34. The molecule has 0 radical (unpaired) electrons. The molecule has 130 valence electrons. The first-order valence-electron chi connectivity index (χ1n) is 8.37. The van der Waals surface area contributed by atoms with E-state index in [-0.39, 0.29) is 12.3 Å². The van der Waals surface area contributed by atoms with Crippen LogP contribution in [0.25, 0.3) is 22.3 Å². The van der Waals surface area contributed by atoms with Gasteiger partial charge in [-0.25, -0.2) is 4.98 Å². The summed E-state index contributed by atoms with van der Waals surface area (Å²) in [6, 6.07) is 11.5. The van der Waals surface area contributed by atoms with Crippen molar-refractivity contribution >= 4 is 22.6 Å². The molecule has 0 saturated carbocycles. The number of amides is 1. The van der Waals surface area contributed by atoms with E-state index in [0.29, 0.717) is 5.76 Å². The molecule has 2 aromatic heterocycles. The lowest BCUT2D eigenvalue weighted by atomic mass is 10.0. The van der Waals surface area contributed by atoms with E-state index in [1.807, 2.05) is 44.2 Å². The number of furan rings is 1. The molecule has 0 bridgehead atoms. The van der Waals surface area contributed by atoms with Crippen LogP contribution in [-0.2, 0) is 11.2 Å². The van der Waals surface area contributed by atoms with Crippen molar-refractivity contribution in [3.05, 3.63) is 71.9 Å². The lowest BCUT2D eigenvalue weighted by molar-refractivity contribution is -0.115. The summed E-state index contributed by atoms with van der Waals surface area (Å²) in [6.45, 7) is 4.08. The monoisotopic (exact) mass is 346 g/mol. The number of nitrogens with zero attached hydrogens (tertiary/aromatic N) is 1. The number of carbonyl (C=O) groups excluding carboxylic acids is 1. The van der Waals surface area contributed by atoms with Gasteiger partial charge in [-0.2, -0.15) is 0 Å². The molecule has 0 aliphatic rings. The molecular formula is C21H18N2O3. The zero-order chi connectivity index (χ0) is 18.1. The van der Waals surface area contributed by atoms with E-state index in [1.54, 1.807) is 12.5 Å². The predicted molar refractivity (Wildman–Crippen MR) is 100.0 cm³/mol. The van der Waals surface area contributed by atoms with Gasteiger partial charge in [-0.15, -0.1) is 0 Å². The smallest absolute Gasteiger partial charge is 0.228 e. The lowest BCUT2D eigenvalue weighted by Gasteiger charge is -2.06. The molecule has 4 aromatic rings. The molecule has 2 heterocycles. The molecule has 0 aliphatic heterocycles. The fourth-order valence-electron chi connectivity index (χ4n) is 2.98. The van der Waals surface area contributed by atoms with Crippen molar-refractivity contribution in [2.75, 3.05) is 5.32 Å². The van der Waals surface area contributed by atoms with Gasteiger partial charge in [-0.3, -0.25) is 4.79 Å². The summed E-state index contributed by atoms with van der Waals surface area (Å²) >= 11 is 0. The van der Waals surface area contributed by atoms with E-state index in [0.717, 1.165) is 33.3 Å². The minimum atomic E-state index is -0.0849. The van der Waals surface area contributed by atoms with Crippen LogP contribution in [0.3, 0.4) is 0 Å². The summed E-state index contributed by atoms with van der Waals surface area (Å²) in [6.07, 6.45) is 4.98. The van der Waals surface area contributed by atoms with Crippen molar-refractivity contribution in [3.63, 3.8) is 0 Å². The number of benzene rings is 2. The number of fused-ring (bicyclic) bond motifs is 1. The highest BCUT2D eigenvalue weighted by molar-refractivity contribution is 5.96. The van der Waals surface area contributed by atoms with Crippen molar-refractivity contribution < 1.29 is 13.6 Å². The van der Waals surface area contributed by atoms with Crippen molar-refractivity contribution in [2.24, 2.45) is 0 Å². The number of oxazole rings is 1. The molecule has 26 heavy (non-hydrogen) atoms. The third-order valence-electron chi connectivity index (χ3n) is 4.58. The predicted octanol–water partition coefficient (Wildman–Crippen LogP) is 4.89. The highest BCUT2D eigenvalue weighted by Crippen LogP contribution is 2.27. The van der Waals surface area contributed by atoms with Crippen LogP contribution in [0, 0.1) is 13.8 Å². The second kappa shape index (κ2) is 6.52. The van der Waals surface area contributed by atoms with Crippen LogP contribution in [0.5, 0.6) is 0 Å². The number of nitrogens with one attached hydrogen (secondary N) is 1. The first-order chi connectivity index (χ1) is 12.6. The van der Waals surface area contributed by atoms with Crippen LogP contribution in [-0.4, -0.2) is 10.9 Å². The molecule has 0 atom stereocenters. The zero-order valence-electron chi connectivity index (χ0n) is 14.6. The Morgan fingerprint density at radius 2 is 1.88 bits per heavy atom. The molecule has 1 N–H and O–H groups in total. The topological polar surface area (TPSA) is 68.3 Å². The Morgan fingerprint density at radius 1 is 1.08 bits per heavy atom. The van der Waals surface area contributed by atoms with E-state index in [2.05, 4.69) is 16.4 Å². The quantitative estimate of drug-likeness (QED) is 0.571. The SMILES string of the molecule is Cc1ccc2c(CC(=O)Nc3ccc(-c4cnco4)cc3)coc2c1C. The molecule has 0 fully saturated rings. The van der Waals surface area contributed by atoms with Crippen molar-refractivity contribution in [3.8, 4) is 11.3 Å². The maximum Gasteiger partial charge on any atom is 0.228 e. The molecule has 5 nitrogen and oxygen atoms in total. The van der Waals surface area contributed by atoms with Crippen LogP contribution < -0.4 is 5.32 Å². The number of hydrogen-bond donors (Lipinski definition) is 1. The Labute approximate surface area is 150 Å². The molecule has 0 spiro atoms. The van der Waals surface area contributed by atoms with E-state index >= 15 is 0 Å². The number of aryl methyl sites for hydroxylation is 2. The first-order valence-corrected chi connectivity index (χ1v) is 8.37. The van der Waals surface area contributed by atoms with Crippen molar-refractivity contribution in [1.82, 2.24) is 4.98 Å². The van der Waals surface area contributed by atoms with Crippen LogP contribution in [0.2, 0.25) is 0 Å². The Balaban J connectivity index is 1.48. The Bertz CT molecular complexity index is 1060. The Kier molecular flexibility index (Phi) is 4.05. The Morgan fingerprint density at radius 3 is 2.62 bits per heavy atom. The summed E-state index contributed by atoms with van der Waals surface area (Å²) in [5, 5.41) is 3.91. The first kappa shape index (κ1) is 16.1. The molecular weight excluding hydrogens is 328 g/mol. The summed E-state index contributed by atoms with van der Waals surface area (Å²) < 4.78 is 10.9. The van der Waals surface area contributed by atoms with E-state index in [4.69, 9.17) is 8.83 Å². The average molecular weight is 346 g/mol. The van der Waals surface area contributed by atoms with Gasteiger partial charge < -0.3 is 14.2 Å². The van der Waals surface area contributed by atoms with E-state index in [1.165, 1.54) is 12.0 Å². The van der Waals surface area contributed by atoms with Gasteiger partial charge in [0.15, 0.2) is 12.2 Å². The molecule has 5 heteroatoms. The van der Waals surface area contributed by atoms with Gasteiger partial charge in [0.1, 0.15) is 5.58 Å². The molecule has 2 aromatic carbocycles. The standard InChI is InChI=1S/C21H18N2O3/c1-13-3-8-18-16(11-25-21(18)14(13)2)9-20(24)23-17-6-4-15(5-7-17)19-10-22-12-26-19/h3-8,10-12H,9H2,1-2H3,(H,23,24). The van der Waals surface area contributed by atoms with Crippen LogP contribution >= 0.6 is 0 Å². The number of hydrogen-bond acceptors (Lipinski definition) is 4. The van der Waals surface area contributed by atoms with Crippen LogP contribution in [0.4, 0.5) is 5.69 Å². The maximum atomic E-state index is 12.4. The van der Waals surface area contributed by atoms with E-state index < -0.39 is 0 Å². The normalized spacial score (nSPS) is 11.0. The van der Waals surface area contributed by atoms with Gasteiger partial charge in [0.05, 0.1) is 18.9 Å². The fourth-order valence-corrected chi connectivity index (χ4v) is 2.98. The van der Waals surface area contributed by atoms with Gasteiger partial charge >= 0.3 is 0 Å². The highest BCUT2D eigenvalue weighted by Gasteiger charge is 2.13. The third-order valence-corrected chi connectivity index (χ3v) is 4.58. The second-order valence-electron chi connectivity index (χ2n) is 6.31. The average Bonchev–Trinajstić information content (AvgIpc) is 3.29. The zero-order valence-corrected chi connectivity index (χ0v) is 14.6. The van der Waals surface area contributed by atoms with Gasteiger partial charge in [0.2, 0.25) is 5.91 Å². The van der Waals surface area contributed by atoms with Gasteiger partial charge in [0.25, 0.3) is 0 Å². The van der Waals surface area contributed by atoms with Gasteiger partial charge in [0, 0.05) is 22.2 Å². The molecule has 1 amide bonds. The molecule has 4 rings (SSSR count). The molecule has 0 aliphatic carbocycles. The minimum Gasteiger partial charge on any atom is -0.464 e. The fraction of sp³-hybridized carbons (Fsp3) is 0.143. The number of aromatic nitrogens is 1. The third kappa shape index (κ3) is 2.99. The number of rotatable bonds is 4.